The number of sulfonamides is 1. The lowest BCUT2D eigenvalue weighted by molar-refractivity contribution is -0.127. The summed E-state index contributed by atoms with van der Waals surface area (Å²) < 4.78 is 27.7. The van der Waals surface area contributed by atoms with Crippen LogP contribution in [0.5, 0.6) is 0 Å². The third-order valence-corrected chi connectivity index (χ3v) is 7.01. The van der Waals surface area contributed by atoms with Crippen molar-refractivity contribution < 1.29 is 18.0 Å². The van der Waals surface area contributed by atoms with E-state index in [2.05, 4.69) is 27.3 Å². The zero-order valence-corrected chi connectivity index (χ0v) is 19.4. The lowest BCUT2D eigenvalue weighted by Crippen LogP contribution is -2.45. The van der Waals surface area contributed by atoms with Crippen LogP contribution in [0.1, 0.15) is 45.4 Å². The first-order valence-electron chi connectivity index (χ1n) is 11.3. The molecule has 2 aliphatic rings. The Bertz CT molecular complexity index is 947. The molecule has 0 spiro atoms. The lowest BCUT2D eigenvalue weighted by atomic mass is 9.97. The van der Waals surface area contributed by atoms with Gasteiger partial charge in [-0.25, -0.2) is 8.42 Å². The summed E-state index contributed by atoms with van der Waals surface area (Å²) in [5.41, 5.74) is 0.414. The van der Waals surface area contributed by atoms with E-state index in [0.29, 0.717) is 37.6 Å². The molecule has 0 radical (unpaired) electrons. The van der Waals surface area contributed by atoms with E-state index in [0.717, 1.165) is 38.6 Å². The van der Waals surface area contributed by atoms with Crippen LogP contribution in [-0.4, -0.2) is 63.7 Å². The second-order valence-electron chi connectivity index (χ2n) is 8.33. The van der Waals surface area contributed by atoms with E-state index < -0.39 is 10.0 Å². The highest BCUT2D eigenvalue weighted by molar-refractivity contribution is 7.90. The van der Waals surface area contributed by atoms with Gasteiger partial charge in [0, 0.05) is 31.7 Å². The van der Waals surface area contributed by atoms with E-state index in [1.54, 1.807) is 12.1 Å². The highest BCUT2D eigenvalue weighted by Gasteiger charge is 2.26. The van der Waals surface area contributed by atoms with Crippen molar-refractivity contribution in [3.05, 3.63) is 24.3 Å². The molecule has 1 aromatic carbocycles. The zero-order chi connectivity index (χ0) is 23.0. The quantitative estimate of drug-likeness (QED) is 0.482. The Labute approximate surface area is 190 Å². The Balaban J connectivity index is 1.53. The fourth-order valence-corrected chi connectivity index (χ4v) is 5.06. The van der Waals surface area contributed by atoms with E-state index in [9.17, 15) is 18.0 Å². The molecule has 3 rings (SSSR count). The van der Waals surface area contributed by atoms with Gasteiger partial charge in [-0.05, 0) is 50.4 Å². The molecule has 10 heteroatoms. The second-order valence-corrected chi connectivity index (χ2v) is 10.0. The normalized spacial score (nSPS) is 19.3. The predicted molar refractivity (Wildman–Crippen MR) is 124 cm³/mol. The van der Waals surface area contributed by atoms with Gasteiger partial charge < -0.3 is 10.6 Å². The Morgan fingerprint density at radius 1 is 1.25 bits per heavy atom. The van der Waals surface area contributed by atoms with Crippen molar-refractivity contribution in [2.75, 3.05) is 38.0 Å². The minimum absolute atomic E-state index is 0.0563. The topological polar surface area (TPSA) is 120 Å². The maximum absolute atomic E-state index is 12.6. The first-order valence-corrected chi connectivity index (χ1v) is 12.8. The van der Waals surface area contributed by atoms with E-state index >= 15 is 0 Å². The lowest BCUT2D eigenvalue weighted by Gasteiger charge is -2.31. The molecule has 1 saturated heterocycles. The summed E-state index contributed by atoms with van der Waals surface area (Å²) in [6.07, 6.45) is 5.14. The third kappa shape index (κ3) is 7.03. The molecule has 0 bridgehead atoms. The van der Waals surface area contributed by atoms with Crippen LogP contribution < -0.4 is 15.4 Å². The number of unbranched alkanes of at least 4 members (excludes halogenated alkanes) is 1. The van der Waals surface area contributed by atoms with Crippen molar-refractivity contribution in [3.8, 4) is 0 Å². The number of nitrogens with one attached hydrogen (secondary N) is 3. The fourth-order valence-electron chi connectivity index (χ4n) is 3.93. The van der Waals surface area contributed by atoms with Crippen LogP contribution >= 0.6 is 0 Å². The van der Waals surface area contributed by atoms with Crippen LogP contribution in [-0.2, 0) is 19.6 Å². The molecule has 0 aliphatic carbocycles. The summed E-state index contributed by atoms with van der Waals surface area (Å²) in [5, 5.41) is 5.75. The summed E-state index contributed by atoms with van der Waals surface area (Å²) in [5.74, 6) is 0.185. The van der Waals surface area contributed by atoms with Crippen molar-refractivity contribution in [1.82, 2.24) is 14.9 Å². The first-order chi connectivity index (χ1) is 15.4. The molecule has 3 N–H and O–H groups in total. The van der Waals surface area contributed by atoms with Gasteiger partial charge in [0.15, 0.2) is 0 Å². The van der Waals surface area contributed by atoms with Crippen molar-refractivity contribution in [2.45, 2.75) is 50.3 Å². The molecular formula is C22H33N5O4S. The van der Waals surface area contributed by atoms with E-state index in [1.807, 2.05) is 4.90 Å². The van der Waals surface area contributed by atoms with E-state index in [-0.39, 0.29) is 29.2 Å². The van der Waals surface area contributed by atoms with Gasteiger partial charge in [0.2, 0.25) is 11.8 Å². The van der Waals surface area contributed by atoms with Gasteiger partial charge in [0.05, 0.1) is 17.4 Å². The highest BCUT2D eigenvalue weighted by atomic mass is 32.2. The number of carbonyl (C=O) groups excluding carboxylic acids is 2. The van der Waals surface area contributed by atoms with Crippen LogP contribution in [0.4, 0.5) is 5.69 Å². The van der Waals surface area contributed by atoms with E-state index in [4.69, 9.17) is 0 Å². The predicted octanol–water partition coefficient (Wildman–Crippen LogP) is 1.72. The number of amides is 2. The molecule has 1 unspecified atom stereocenters. The Morgan fingerprint density at radius 2 is 2.09 bits per heavy atom. The minimum Gasteiger partial charge on any atom is -0.356 e. The maximum atomic E-state index is 12.6. The Kier molecular flexibility index (Phi) is 8.63. The molecule has 2 aliphatic heterocycles. The number of anilines is 1. The number of benzene rings is 1. The molecule has 1 aromatic rings. The second kappa shape index (κ2) is 11.4. The molecule has 32 heavy (non-hydrogen) atoms. The number of nitrogens with zero attached hydrogens (tertiary/aromatic N) is 2. The number of amidine groups is 1. The fraction of sp³-hybridized carbons (Fsp3) is 0.591. The van der Waals surface area contributed by atoms with Gasteiger partial charge in [-0.3, -0.25) is 24.2 Å². The van der Waals surface area contributed by atoms with Gasteiger partial charge in [-0.15, -0.1) is 0 Å². The van der Waals surface area contributed by atoms with Gasteiger partial charge in [-0.2, -0.15) is 0 Å². The van der Waals surface area contributed by atoms with E-state index in [1.165, 1.54) is 12.1 Å². The summed E-state index contributed by atoms with van der Waals surface area (Å²) in [6, 6.07) is 6.18. The Morgan fingerprint density at radius 3 is 2.84 bits per heavy atom. The SMILES string of the molecule is CCCCNC(=O)C1CCCN(CC(=O)Nc2cccc(S(=O)(=O)NC3=NCCC3)c2)C1. The number of rotatable bonds is 9. The highest BCUT2D eigenvalue weighted by Crippen LogP contribution is 2.18. The van der Waals surface area contributed by atoms with Gasteiger partial charge >= 0.3 is 0 Å². The van der Waals surface area contributed by atoms with Gasteiger partial charge in [-0.1, -0.05) is 19.4 Å². The van der Waals surface area contributed by atoms with Gasteiger partial charge in [0.25, 0.3) is 10.0 Å². The van der Waals surface area contributed by atoms with Crippen LogP contribution in [0.2, 0.25) is 0 Å². The van der Waals surface area contributed by atoms with Gasteiger partial charge in [0.1, 0.15) is 5.84 Å². The molecule has 0 saturated carbocycles. The molecule has 2 heterocycles. The van der Waals surface area contributed by atoms with Crippen LogP contribution in [0.15, 0.2) is 34.2 Å². The number of hydrogen-bond acceptors (Lipinski definition) is 6. The number of piperidine rings is 1. The molecule has 176 valence electrons. The summed E-state index contributed by atoms with van der Waals surface area (Å²) in [4.78, 5) is 31.1. The van der Waals surface area contributed by atoms with Crippen molar-refractivity contribution in [2.24, 2.45) is 10.9 Å². The molecule has 1 atom stereocenters. The molecule has 9 nitrogen and oxygen atoms in total. The molecule has 2 amide bonds. The summed E-state index contributed by atoms with van der Waals surface area (Å²) >= 11 is 0. The number of hydrogen-bond donors (Lipinski definition) is 3. The number of aliphatic imine (C=N–C) groups is 1. The minimum atomic E-state index is -3.74. The largest absolute Gasteiger partial charge is 0.356 e. The zero-order valence-electron chi connectivity index (χ0n) is 18.6. The molecule has 0 aromatic heterocycles. The van der Waals surface area contributed by atoms with Crippen molar-refractivity contribution in [3.63, 3.8) is 0 Å². The van der Waals surface area contributed by atoms with Crippen LogP contribution in [0, 0.1) is 5.92 Å². The average Bonchev–Trinajstić information content (AvgIpc) is 3.26. The average molecular weight is 464 g/mol. The van der Waals surface area contributed by atoms with Crippen molar-refractivity contribution >= 4 is 33.4 Å². The molecule has 1 fully saturated rings. The monoisotopic (exact) mass is 463 g/mol. The summed E-state index contributed by atoms with van der Waals surface area (Å²) in [6.45, 7) is 4.86. The number of likely N-dealkylation sites (tertiary alicyclic amines) is 1. The first kappa shape index (κ1) is 24.2. The Hall–Kier alpha value is -2.46. The number of carbonyl (C=O) groups is 2. The molecular weight excluding hydrogens is 430 g/mol. The third-order valence-electron chi connectivity index (χ3n) is 5.63. The smallest absolute Gasteiger partial charge is 0.262 e. The van der Waals surface area contributed by atoms with Crippen LogP contribution in [0.25, 0.3) is 0 Å². The summed E-state index contributed by atoms with van der Waals surface area (Å²) in [7, 11) is -3.74. The van der Waals surface area contributed by atoms with Crippen molar-refractivity contribution in [1.29, 1.82) is 0 Å². The standard InChI is InChI=1S/C22H33N5O4S/c1-2-3-11-24-22(29)17-7-6-13-27(15-17)16-21(28)25-18-8-4-9-19(14-18)32(30,31)26-20-10-5-12-23-20/h4,8-9,14,17H,2-3,5-7,10-13,15-16H2,1H3,(H,23,26)(H,24,29)(H,25,28). The van der Waals surface area contributed by atoms with Crippen LogP contribution in [0.3, 0.4) is 0 Å². The maximum Gasteiger partial charge on any atom is 0.262 e.